The van der Waals surface area contributed by atoms with Gasteiger partial charge in [-0.15, -0.1) is 0 Å². The number of benzene rings is 1. The van der Waals surface area contributed by atoms with E-state index < -0.39 is 0 Å². The molecule has 1 saturated carbocycles. The van der Waals surface area contributed by atoms with Crippen LogP contribution in [0.1, 0.15) is 36.0 Å². The summed E-state index contributed by atoms with van der Waals surface area (Å²) in [5.74, 6) is 1.59. The molecule has 0 atom stereocenters. The van der Waals surface area contributed by atoms with Gasteiger partial charge in [0, 0.05) is 25.2 Å². The number of hydrogen-bond donors (Lipinski definition) is 2. The van der Waals surface area contributed by atoms with Crippen molar-refractivity contribution in [1.29, 1.82) is 0 Å². The van der Waals surface area contributed by atoms with Crippen LogP contribution in [0.5, 0.6) is 0 Å². The number of carbonyl (C=O) groups is 1. The molecular weight excluding hydrogens is 262 g/mol. The minimum Gasteiger partial charge on any atom is -0.373 e. The van der Waals surface area contributed by atoms with Gasteiger partial charge in [-0.25, -0.2) is 4.98 Å². The maximum Gasteiger partial charge on any atom is 0.253 e. The number of hydrogen-bond acceptors (Lipinski definition) is 3. The van der Waals surface area contributed by atoms with Gasteiger partial charge in [-0.05, 0) is 17.7 Å². The number of nitrogens with zero attached hydrogens (tertiary/aromatic N) is 1. The van der Waals surface area contributed by atoms with Crippen molar-refractivity contribution in [2.75, 3.05) is 18.9 Å². The van der Waals surface area contributed by atoms with E-state index in [-0.39, 0.29) is 5.91 Å². The second-order valence-electron chi connectivity index (χ2n) is 5.66. The zero-order valence-corrected chi connectivity index (χ0v) is 12.4. The molecule has 21 heavy (non-hydrogen) atoms. The minimum atomic E-state index is -0.0272. The molecule has 0 bridgehead atoms. The zero-order chi connectivity index (χ0) is 14.7. The van der Waals surface area contributed by atoms with Crippen LogP contribution in [0.3, 0.4) is 0 Å². The molecular formula is C17H21N3O. The van der Waals surface area contributed by atoms with Gasteiger partial charge in [0.1, 0.15) is 5.82 Å². The first kappa shape index (κ1) is 13.9. The molecule has 2 N–H and O–H groups in total. The second-order valence-corrected chi connectivity index (χ2v) is 5.66. The van der Waals surface area contributed by atoms with Crippen LogP contribution in [0.25, 0.3) is 10.8 Å². The molecule has 0 saturated heterocycles. The first-order valence-electron chi connectivity index (χ1n) is 7.63. The molecule has 1 aliphatic carbocycles. The Morgan fingerprint density at radius 3 is 2.71 bits per heavy atom. The molecule has 4 nitrogen and oxygen atoms in total. The molecule has 1 aliphatic rings. The van der Waals surface area contributed by atoms with Crippen molar-refractivity contribution in [2.24, 2.45) is 5.92 Å². The Bertz CT molecular complexity index is 650. The Hall–Kier alpha value is -2.10. The first-order chi connectivity index (χ1) is 10.3. The fourth-order valence-electron chi connectivity index (χ4n) is 2.84. The molecule has 3 rings (SSSR count). The number of rotatable bonds is 5. The molecule has 0 radical (unpaired) electrons. The molecule has 1 amide bonds. The van der Waals surface area contributed by atoms with Crippen molar-refractivity contribution in [2.45, 2.75) is 25.7 Å². The van der Waals surface area contributed by atoms with Crippen LogP contribution in [0, 0.1) is 5.92 Å². The smallest absolute Gasteiger partial charge is 0.253 e. The lowest BCUT2D eigenvalue weighted by molar-refractivity contribution is 0.0950. The van der Waals surface area contributed by atoms with E-state index >= 15 is 0 Å². The van der Waals surface area contributed by atoms with Crippen molar-refractivity contribution >= 4 is 22.5 Å². The van der Waals surface area contributed by atoms with Crippen LogP contribution < -0.4 is 10.6 Å². The molecule has 4 heteroatoms. The van der Waals surface area contributed by atoms with E-state index in [1.807, 2.05) is 31.3 Å². The van der Waals surface area contributed by atoms with Crippen molar-refractivity contribution < 1.29 is 4.79 Å². The summed E-state index contributed by atoms with van der Waals surface area (Å²) in [5, 5.41) is 8.02. The highest BCUT2D eigenvalue weighted by molar-refractivity contribution is 6.09. The van der Waals surface area contributed by atoms with Crippen molar-refractivity contribution in [3.8, 4) is 0 Å². The van der Waals surface area contributed by atoms with Gasteiger partial charge in [-0.2, -0.15) is 0 Å². The predicted molar refractivity (Wildman–Crippen MR) is 85.6 cm³/mol. The molecule has 2 aromatic rings. The highest BCUT2D eigenvalue weighted by atomic mass is 16.1. The average molecular weight is 283 g/mol. The van der Waals surface area contributed by atoms with Gasteiger partial charge >= 0.3 is 0 Å². The van der Waals surface area contributed by atoms with E-state index in [9.17, 15) is 4.79 Å². The van der Waals surface area contributed by atoms with Gasteiger partial charge in [0.15, 0.2) is 0 Å². The van der Waals surface area contributed by atoms with Gasteiger partial charge in [-0.3, -0.25) is 4.79 Å². The maximum atomic E-state index is 12.4. The summed E-state index contributed by atoms with van der Waals surface area (Å²) in [6.07, 6.45) is 6.73. The van der Waals surface area contributed by atoms with E-state index in [0.717, 1.165) is 35.5 Å². The van der Waals surface area contributed by atoms with E-state index in [4.69, 9.17) is 0 Å². The van der Waals surface area contributed by atoms with Crippen molar-refractivity contribution in [1.82, 2.24) is 10.3 Å². The minimum absolute atomic E-state index is 0.0272. The third-order valence-corrected chi connectivity index (χ3v) is 4.34. The summed E-state index contributed by atoms with van der Waals surface area (Å²) in [5.41, 5.74) is 0.651. The van der Waals surface area contributed by atoms with E-state index in [0.29, 0.717) is 5.56 Å². The molecule has 1 heterocycles. The SMILES string of the molecule is CNc1ncc(C(=O)NCCC2CCC2)c2ccccc12. The lowest BCUT2D eigenvalue weighted by Gasteiger charge is -2.25. The predicted octanol–water partition coefficient (Wildman–Crippen LogP) is 3.20. The molecule has 0 spiro atoms. The number of nitrogens with one attached hydrogen (secondary N) is 2. The quantitative estimate of drug-likeness (QED) is 0.886. The fourth-order valence-corrected chi connectivity index (χ4v) is 2.84. The number of anilines is 1. The lowest BCUT2D eigenvalue weighted by atomic mass is 9.83. The summed E-state index contributed by atoms with van der Waals surface area (Å²) in [6, 6.07) is 7.87. The van der Waals surface area contributed by atoms with Crippen molar-refractivity contribution in [3.63, 3.8) is 0 Å². The fraction of sp³-hybridized carbons (Fsp3) is 0.412. The van der Waals surface area contributed by atoms with Crippen LogP contribution in [-0.4, -0.2) is 24.5 Å². The number of fused-ring (bicyclic) bond motifs is 1. The van der Waals surface area contributed by atoms with E-state index in [1.54, 1.807) is 6.20 Å². The Morgan fingerprint density at radius 1 is 1.29 bits per heavy atom. The third kappa shape index (κ3) is 2.84. The Labute approximate surface area is 125 Å². The summed E-state index contributed by atoms with van der Waals surface area (Å²) >= 11 is 0. The van der Waals surface area contributed by atoms with Crippen LogP contribution in [0.4, 0.5) is 5.82 Å². The molecule has 0 aliphatic heterocycles. The summed E-state index contributed by atoms with van der Waals surface area (Å²) in [6.45, 7) is 0.756. The third-order valence-electron chi connectivity index (χ3n) is 4.34. The van der Waals surface area contributed by atoms with Gasteiger partial charge in [0.2, 0.25) is 0 Å². The molecule has 1 aromatic heterocycles. The van der Waals surface area contributed by atoms with Crippen LogP contribution in [-0.2, 0) is 0 Å². The Morgan fingerprint density at radius 2 is 2.05 bits per heavy atom. The number of amides is 1. The second kappa shape index (κ2) is 6.12. The number of carbonyl (C=O) groups excluding carboxylic acids is 1. The molecule has 110 valence electrons. The van der Waals surface area contributed by atoms with E-state index in [1.165, 1.54) is 19.3 Å². The molecule has 1 aromatic carbocycles. The summed E-state index contributed by atoms with van der Waals surface area (Å²) in [4.78, 5) is 16.7. The molecule has 1 fully saturated rings. The summed E-state index contributed by atoms with van der Waals surface area (Å²) in [7, 11) is 1.84. The van der Waals surface area contributed by atoms with Gasteiger partial charge in [-0.1, -0.05) is 43.5 Å². The van der Waals surface area contributed by atoms with Crippen LogP contribution >= 0.6 is 0 Å². The lowest BCUT2D eigenvalue weighted by Crippen LogP contribution is -2.27. The van der Waals surface area contributed by atoms with Gasteiger partial charge in [0.05, 0.1) is 5.56 Å². The highest BCUT2D eigenvalue weighted by Crippen LogP contribution is 2.29. The number of pyridine rings is 1. The topological polar surface area (TPSA) is 54.0 Å². The number of aromatic nitrogens is 1. The van der Waals surface area contributed by atoms with Crippen LogP contribution in [0.15, 0.2) is 30.5 Å². The monoisotopic (exact) mass is 283 g/mol. The zero-order valence-electron chi connectivity index (χ0n) is 12.4. The summed E-state index contributed by atoms with van der Waals surface area (Å²) < 4.78 is 0. The Kier molecular flexibility index (Phi) is 4.04. The first-order valence-corrected chi connectivity index (χ1v) is 7.63. The standard InChI is InChI=1S/C17H21N3O/c1-18-16-14-8-3-2-7-13(14)15(11-20-16)17(21)19-10-9-12-5-4-6-12/h2-3,7-8,11-12H,4-6,9-10H2,1H3,(H,18,20)(H,19,21). The largest absolute Gasteiger partial charge is 0.373 e. The Balaban J connectivity index is 1.77. The maximum absolute atomic E-state index is 12.4. The van der Waals surface area contributed by atoms with Gasteiger partial charge in [0.25, 0.3) is 5.91 Å². The van der Waals surface area contributed by atoms with Crippen molar-refractivity contribution in [3.05, 3.63) is 36.0 Å². The average Bonchev–Trinajstić information content (AvgIpc) is 2.48. The normalized spacial score (nSPS) is 14.7. The van der Waals surface area contributed by atoms with Gasteiger partial charge < -0.3 is 10.6 Å². The van der Waals surface area contributed by atoms with Crippen LogP contribution in [0.2, 0.25) is 0 Å². The highest BCUT2D eigenvalue weighted by Gasteiger charge is 2.18. The molecule has 0 unspecified atom stereocenters. The van der Waals surface area contributed by atoms with E-state index in [2.05, 4.69) is 15.6 Å².